The molecule has 0 saturated heterocycles. The maximum Gasteiger partial charge on any atom is 0.174 e. The number of hydrogen-bond donors (Lipinski definition) is 2. The van der Waals surface area contributed by atoms with Gasteiger partial charge in [-0.1, -0.05) is 30.7 Å². The Morgan fingerprint density at radius 3 is 2.61 bits per heavy atom. The van der Waals surface area contributed by atoms with Crippen molar-refractivity contribution in [2.45, 2.75) is 46.1 Å². The van der Waals surface area contributed by atoms with Gasteiger partial charge in [0.15, 0.2) is 5.78 Å². The maximum absolute atomic E-state index is 13.0. The summed E-state index contributed by atoms with van der Waals surface area (Å²) in [6, 6.07) is 8.14. The van der Waals surface area contributed by atoms with E-state index in [9.17, 15) is 15.0 Å². The van der Waals surface area contributed by atoms with Crippen molar-refractivity contribution in [1.82, 2.24) is 0 Å². The van der Waals surface area contributed by atoms with Gasteiger partial charge in [0.05, 0.1) is 13.0 Å². The van der Waals surface area contributed by atoms with Crippen molar-refractivity contribution in [3.8, 4) is 23.0 Å². The van der Waals surface area contributed by atoms with E-state index in [0.29, 0.717) is 35.7 Å². The quantitative estimate of drug-likeness (QED) is 0.680. The van der Waals surface area contributed by atoms with Gasteiger partial charge in [0.1, 0.15) is 34.7 Å². The Bertz CT molecular complexity index is 896. The standard InChI is InChI=1S/C23H26O5/c1-4-6-14(3)11-17-18(25)12-21(27-5-2)22-19(26)13-20(28-23(17)22)15-7-9-16(24)10-8-15/h6-10,12,20,24-25H,4-5,11,13H2,1-3H3/t20-/m1/s1. The lowest BCUT2D eigenvalue weighted by atomic mass is 9.91. The van der Waals surface area contributed by atoms with Gasteiger partial charge in [-0.3, -0.25) is 4.79 Å². The van der Waals surface area contributed by atoms with E-state index < -0.39 is 6.10 Å². The second-order valence-electron chi connectivity index (χ2n) is 6.97. The normalized spacial score (nSPS) is 16.5. The Kier molecular flexibility index (Phi) is 5.93. The van der Waals surface area contributed by atoms with E-state index >= 15 is 0 Å². The minimum atomic E-state index is -0.480. The molecule has 2 N–H and O–H groups in total. The Morgan fingerprint density at radius 2 is 1.96 bits per heavy atom. The summed E-state index contributed by atoms with van der Waals surface area (Å²) in [5.41, 5.74) is 2.88. The fourth-order valence-electron chi connectivity index (χ4n) is 3.53. The van der Waals surface area contributed by atoms with Gasteiger partial charge in [0, 0.05) is 18.1 Å². The lowest BCUT2D eigenvalue weighted by Crippen LogP contribution is -2.22. The highest BCUT2D eigenvalue weighted by molar-refractivity contribution is 6.03. The Morgan fingerprint density at radius 1 is 1.25 bits per heavy atom. The molecule has 2 aromatic rings. The number of carbonyl (C=O) groups is 1. The summed E-state index contributed by atoms with van der Waals surface area (Å²) < 4.78 is 11.8. The van der Waals surface area contributed by atoms with Crippen LogP contribution in [0.2, 0.25) is 0 Å². The molecule has 148 valence electrons. The molecule has 0 amide bonds. The molecule has 1 atom stereocenters. The van der Waals surface area contributed by atoms with Crippen LogP contribution in [0.15, 0.2) is 42.0 Å². The number of ether oxygens (including phenoxy) is 2. The van der Waals surface area contributed by atoms with E-state index in [1.165, 1.54) is 6.07 Å². The molecular weight excluding hydrogens is 356 g/mol. The highest BCUT2D eigenvalue weighted by Gasteiger charge is 2.34. The SMILES string of the molecule is CCC=C(C)Cc1c(O)cc(OCC)c2c1O[C@@H](c1ccc(O)cc1)CC2=O. The van der Waals surface area contributed by atoms with Crippen molar-refractivity contribution < 1.29 is 24.5 Å². The number of Topliss-reactive ketones (excluding diaryl/α,β-unsaturated/α-hetero) is 1. The third kappa shape index (κ3) is 3.98. The number of allylic oxidation sites excluding steroid dienone is 2. The number of phenolic OH excluding ortho intramolecular Hbond substituents is 2. The number of ketones is 1. The van der Waals surface area contributed by atoms with Gasteiger partial charge in [-0.15, -0.1) is 0 Å². The zero-order valence-electron chi connectivity index (χ0n) is 16.5. The number of benzene rings is 2. The number of aromatic hydroxyl groups is 2. The number of rotatable bonds is 6. The van der Waals surface area contributed by atoms with Crippen LogP contribution in [0, 0.1) is 0 Å². The second kappa shape index (κ2) is 8.38. The summed E-state index contributed by atoms with van der Waals surface area (Å²) in [6.45, 7) is 6.26. The lowest BCUT2D eigenvalue weighted by Gasteiger charge is -2.29. The molecule has 2 aromatic carbocycles. The minimum absolute atomic E-state index is 0.0604. The molecule has 0 spiro atoms. The summed E-state index contributed by atoms with van der Waals surface area (Å²) in [4.78, 5) is 13.0. The summed E-state index contributed by atoms with van der Waals surface area (Å²) in [7, 11) is 0. The Balaban J connectivity index is 2.09. The van der Waals surface area contributed by atoms with E-state index in [1.54, 1.807) is 24.3 Å². The second-order valence-corrected chi connectivity index (χ2v) is 6.97. The molecule has 1 heterocycles. The molecule has 0 unspecified atom stereocenters. The first kappa shape index (κ1) is 19.8. The average Bonchev–Trinajstić information content (AvgIpc) is 2.65. The van der Waals surface area contributed by atoms with Gasteiger partial charge in [0.2, 0.25) is 0 Å². The van der Waals surface area contributed by atoms with Crippen LogP contribution in [0.5, 0.6) is 23.0 Å². The van der Waals surface area contributed by atoms with E-state index in [4.69, 9.17) is 9.47 Å². The van der Waals surface area contributed by atoms with Crippen molar-refractivity contribution in [2.24, 2.45) is 0 Å². The lowest BCUT2D eigenvalue weighted by molar-refractivity contribution is 0.0840. The molecule has 0 fully saturated rings. The summed E-state index contributed by atoms with van der Waals surface area (Å²) in [5.74, 6) is 0.876. The molecule has 0 saturated carbocycles. The predicted octanol–water partition coefficient (Wildman–Crippen LogP) is 5.10. The van der Waals surface area contributed by atoms with Gasteiger partial charge in [-0.05, 0) is 38.0 Å². The van der Waals surface area contributed by atoms with E-state index in [1.807, 2.05) is 13.8 Å². The van der Waals surface area contributed by atoms with Gasteiger partial charge in [0.25, 0.3) is 0 Å². The fraction of sp³-hybridized carbons (Fsp3) is 0.348. The summed E-state index contributed by atoms with van der Waals surface area (Å²) in [5, 5.41) is 20.2. The zero-order valence-corrected chi connectivity index (χ0v) is 16.5. The molecule has 0 aliphatic carbocycles. The molecule has 0 bridgehead atoms. The highest BCUT2D eigenvalue weighted by atomic mass is 16.5. The number of phenols is 2. The van der Waals surface area contributed by atoms with Crippen molar-refractivity contribution in [3.05, 3.63) is 58.7 Å². The molecule has 5 heteroatoms. The van der Waals surface area contributed by atoms with Crippen LogP contribution in [0.1, 0.15) is 61.2 Å². The van der Waals surface area contributed by atoms with Crippen molar-refractivity contribution in [3.63, 3.8) is 0 Å². The van der Waals surface area contributed by atoms with Crippen LogP contribution in [-0.2, 0) is 6.42 Å². The molecule has 1 aliphatic rings. The van der Waals surface area contributed by atoms with Crippen LogP contribution in [0.3, 0.4) is 0 Å². The van der Waals surface area contributed by atoms with Crippen molar-refractivity contribution >= 4 is 5.78 Å². The monoisotopic (exact) mass is 382 g/mol. The Labute approximate surface area is 165 Å². The minimum Gasteiger partial charge on any atom is -0.508 e. The van der Waals surface area contributed by atoms with Gasteiger partial charge in [-0.25, -0.2) is 0 Å². The fourth-order valence-corrected chi connectivity index (χ4v) is 3.53. The largest absolute Gasteiger partial charge is 0.508 e. The molecule has 5 nitrogen and oxygen atoms in total. The van der Waals surface area contributed by atoms with Gasteiger partial charge < -0.3 is 19.7 Å². The first-order chi connectivity index (χ1) is 13.4. The zero-order chi connectivity index (χ0) is 20.3. The number of carbonyl (C=O) groups excluding carboxylic acids is 1. The maximum atomic E-state index is 13.0. The van der Waals surface area contributed by atoms with E-state index in [0.717, 1.165) is 17.6 Å². The van der Waals surface area contributed by atoms with Crippen LogP contribution >= 0.6 is 0 Å². The average molecular weight is 382 g/mol. The third-order valence-electron chi connectivity index (χ3n) is 4.81. The molecule has 0 radical (unpaired) electrons. The molecule has 28 heavy (non-hydrogen) atoms. The first-order valence-corrected chi connectivity index (χ1v) is 9.60. The van der Waals surface area contributed by atoms with Crippen LogP contribution in [0.4, 0.5) is 0 Å². The van der Waals surface area contributed by atoms with Crippen LogP contribution in [-0.4, -0.2) is 22.6 Å². The van der Waals surface area contributed by atoms with E-state index in [-0.39, 0.29) is 23.7 Å². The number of fused-ring (bicyclic) bond motifs is 1. The number of hydrogen-bond acceptors (Lipinski definition) is 5. The molecular formula is C23H26O5. The van der Waals surface area contributed by atoms with Crippen LogP contribution < -0.4 is 9.47 Å². The topological polar surface area (TPSA) is 76.0 Å². The summed E-state index contributed by atoms with van der Waals surface area (Å²) >= 11 is 0. The van der Waals surface area contributed by atoms with Crippen molar-refractivity contribution in [2.75, 3.05) is 6.61 Å². The molecule has 1 aliphatic heterocycles. The third-order valence-corrected chi connectivity index (χ3v) is 4.81. The first-order valence-electron chi connectivity index (χ1n) is 9.60. The highest BCUT2D eigenvalue weighted by Crippen LogP contribution is 2.46. The molecule has 0 aromatic heterocycles. The smallest absolute Gasteiger partial charge is 0.174 e. The van der Waals surface area contributed by atoms with Crippen molar-refractivity contribution in [1.29, 1.82) is 0 Å². The predicted molar refractivity (Wildman–Crippen MR) is 107 cm³/mol. The van der Waals surface area contributed by atoms with Gasteiger partial charge in [-0.2, -0.15) is 0 Å². The molecule has 3 rings (SSSR count). The Hall–Kier alpha value is -2.95. The van der Waals surface area contributed by atoms with E-state index in [2.05, 4.69) is 13.0 Å². The summed E-state index contributed by atoms with van der Waals surface area (Å²) in [6.07, 6.45) is 3.16. The van der Waals surface area contributed by atoms with Gasteiger partial charge >= 0.3 is 0 Å². The van der Waals surface area contributed by atoms with Crippen LogP contribution in [0.25, 0.3) is 0 Å².